The van der Waals surface area contributed by atoms with Crippen molar-refractivity contribution >= 4 is 15.9 Å². The summed E-state index contributed by atoms with van der Waals surface area (Å²) in [5.41, 5.74) is 6.16. The molecule has 0 spiro atoms. The molecule has 0 aliphatic carbocycles. The van der Waals surface area contributed by atoms with Crippen molar-refractivity contribution in [1.82, 2.24) is 10.1 Å². The molecule has 0 bridgehead atoms. The smallest absolute Gasteiger partial charge is 0.246 e. The number of halogens is 2. The fourth-order valence-corrected chi connectivity index (χ4v) is 2.39. The normalized spacial score (nSPS) is 14.4. The van der Waals surface area contributed by atoms with E-state index in [-0.39, 0.29) is 5.82 Å². The predicted molar refractivity (Wildman–Crippen MR) is 73.8 cm³/mol. The molecule has 0 amide bonds. The Hall–Kier alpha value is -1.27. The van der Waals surface area contributed by atoms with Gasteiger partial charge in [-0.3, -0.25) is 0 Å². The van der Waals surface area contributed by atoms with Gasteiger partial charge in [-0.2, -0.15) is 4.98 Å². The Labute approximate surface area is 119 Å². The van der Waals surface area contributed by atoms with Crippen LogP contribution in [0.5, 0.6) is 0 Å². The standard InChI is InChI=1S/C13H15BrFN3O/c1-3-6-13(2,16)12-17-11(18-19-12)9-5-4-8(15)7-10(9)14/h4-5,7H,3,6,16H2,1-2H3. The van der Waals surface area contributed by atoms with Gasteiger partial charge in [0.15, 0.2) is 0 Å². The number of aromatic nitrogens is 2. The van der Waals surface area contributed by atoms with E-state index in [1.165, 1.54) is 12.1 Å². The van der Waals surface area contributed by atoms with Gasteiger partial charge in [-0.05, 0) is 47.5 Å². The highest BCUT2D eigenvalue weighted by atomic mass is 79.9. The molecule has 1 atom stereocenters. The highest BCUT2D eigenvalue weighted by molar-refractivity contribution is 9.10. The van der Waals surface area contributed by atoms with Crippen molar-refractivity contribution in [3.8, 4) is 11.4 Å². The van der Waals surface area contributed by atoms with E-state index < -0.39 is 5.54 Å². The number of rotatable bonds is 4. The van der Waals surface area contributed by atoms with Gasteiger partial charge in [0, 0.05) is 10.0 Å². The lowest BCUT2D eigenvalue weighted by Gasteiger charge is -2.18. The lowest BCUT2D eigenvalue weighted by molar-refractivity contribution is 0.284. The first kappa shape index (κ1) is 14.1. The largest absolute Gasteiger partial charge is 0.337 e. The molecular weight excluding hydrogens is 313 g/mol. The zero-order chi connectivity index (χ0) is 14.0. The van der Waals surface area contributed by atoms with Crippen LogP contribution in [0.15, 0.2) is 27.2 Å². The Morgan fingerprint density at radius 2 is 2.21 bits per heavy atom. The third-order valence-electron chi connectivity index (χ3n) is 2.86. The molecule has 19 heavy (non-hydrogen) atoms. The molecule has 1 aromatic carbocycles. The Morgan fingerprint density at radius 3 is 2.84 bits per heavy atom. The first-order valence-corrected chi connectivity index (χ1v) is 6.82. The van der Waals surface area contributed by atoms with Gasteiger partial charge in [-0.1, -0.05) is 18.5 Å². The van der Waals surface area contributed by atoms with Crippen LogP contribution >= 0.6 is 15.9 Å². The summed E-state index contributed by atoms with van der Waals surface area (Å²) >= 11 is 3.28. The lowest BCUT2D eigenvalue weighted by Crippen LogP contribution is -2.33. The van der Waals surface area contributed by atoms with E-state index in [2.05, 4.69) is 26.1 Å². The Balaban J connectivity index is 2.35. The van der Waals surface area contributed by atoms with Crippen LogP contribution in [0.2, 0.25) is 0 Å². The van der Waals surface area contributed by atoms with Gasteiger partial charge in [-0.25, -0.2) is 4.39 Å². The Kier molecular flexibility index (Phi) is 4.01. The summed E-state index contributed by atoms with van der Waals surface area (Å²) in [7, 11) is 0. The van der Waals surface area contributed by atoms with E-state index in [4.69, 9.17) is 10.3 Å². The molecule has 1 aromatic heterocycles. The SMILES string of the molecule is CCCC(C)(N)c1nc(-c2ccc(F)cc2Br)no1. The van der Waals surface area contributed by atoms with Crippen LogP contribution in [0, 0.1) is 5.82 Å². The van der Waals surface area contributed by atoms with Crippen molar-refractivity contribution in [2.24, 2.45) is 5.73 Å². The van der Waals surface area contributed by atoms with Crippen molar-refractivity contribution in [3.63, 3.8) is 0 Å². The minimum Gasteiger partial charge on any atom is -0.337 e. The van der Waals surface area contributed by atoms with E-state index in [9.17, 15) is 4.39 Å². The second-order valence-corrected chi connectivity index (χ2v) is 5.57. The molecule has 0 fully saturated rings. The molecule has 6 heteroatoms. The minimum absolute atomic E-state index is 0.325. The van der Waals surface area contributed by atoms with Crippen LogP contribution in [-0.2, 0) is 5.54 Å². The molecule has 0 saturated heterocycles. The number of nitrogens with zero attached hydrogens (tertiary/aromatic N) is 2. The molecule has 102 valence electrons. The number of hydrogen-bond donors (Lipinski definition) is 1. The summed E-state index contributed by atoms with van der Waals surface area (Å²) in [6.45, 7) is 3.90. The highest BCUT2D eigenvalue weighted by Gasteiger charge is 2.27. The Morgan fingerprint density at radius 1 is 1.47 bits per heavy atom. The van der Waals surface area contributed by atoms with E-state index in [1.54, 1.807) is 6.07 Å². The highest BCUT2D eigenvalue weighted by Crippen LogP contribution is 2.29. The molecule has 2 rings (SSSR count). The van der Waals surface area contributed by atoms with E-state index >= 15 is 0 Å². The molecule has 1 heterocycles. The molecule has 0 aliphatic heterocycles. The second-order valence-electron chi connectivity index (χ2n) is 4.71. The summed E-state index contributed by atoms with van der Waals surface area (Å²) in [6.07, 6.45) is 1.67. The number of nitrogens with two attached hydrogens (primary N) is 1. The quantitative estimate of drug-likeness (QED) is 0.931. The zero-order valence-electron chi connectivity index (χ0n) is 10.8. The maximum Gasteiger partial charge on any atom is 0.246 e. The molecule has 1 unspecified atom stereocenters. The van der Waals surface area contributed by atoms with Crippen LogP contribution in [0.4, 0.5) is 4.39 Å². The summed E-state index contributed by atoms with van der Waals surface area (Å²) in [6, 6.07) is 4.31. The van der Waals surface area contributed by atoms with Crippen molar-refractivity contribution in [1.29, 1.82) is 0 Å². The lowest BCUT2D eigenvalue weighted by atomic mass is 9.98. The zero-order valence-corrected chi connectivity index (χ0v) is 12.4. The first-order chi connectivity index (χ1) is 8.94. The molecular formula is C13H15BrFN3O. The first-order valence-electron chi connectivity index (χ1n) is 6.02. The van der Waals surface area contributed by atoms with Crippen LogP contribution < -0.4 is 5.73 Å². The third kappa shape index (κ3) is 3.01. The van der Waals surface area contributed by atoms with Gasteiger partial charge in [0.1, 0.15) is 5.82 Å². The summed E-state index contributed by atoms with van der Waals surface area (Å²) in [5, 5.41) is 3.91. The number of hydrogen-bond acceptors (Lipinski definition) is 4. The molecule has 0 radical (unpaired) electrons. The molecule has 2 aromatic rings. The minimum atomic E-state index is -0.646. The van der Waals surface area contributed by atoms with Gasteiger partial charge in [-0.15, -0.1) is 0 Å². The fraction of sp³-hybridized carbons (Fsp3) is 0.385. The molecule has 0 saturated carbocycles. The summed E-state index contributed by atoms with van der Waals surface area (Å²) in [4.78, 5) is 4.31. The van der Waals surface area contributed by atoms with Crippen LogP contribution in [0.1, 0.15) is 32.6 Å². The van der Waals surface area contributed by atoms with Crippen LogP contribution in [-0.4, -0.2) is 10.1 Å². The van der Waals surface area contributed by atoms with Crippen molar-refractivity contribution in [3.05, 3.63) is 34.4 Å². The molecule has 4 nitrogen and oxygen atoms in total. The van der Waals surface area contributed by atoms with Gasteiger partial charge >= 0.3 is 0 Å². The maximum absolute atomic E-state index is 13.0. The number of benzene rings is 1. The second kappa shape index (κ2) is 5.38. The van der Waals surface area contributed by atoms with E-state index in [0.717, 1.165) is 12.8 Å². The van der Waals surface area contributed by atoms with Gasteiger partial charge in [0.05, 0.1) is 5.54 Å². The molecule has 0 aliphatic rings. The third-order valence-corrected chi connectivity index (χ3v) is 3.51. The van der Waals surface area contributed by atoms with Crippen molar-refractivity contribution < 1.29 is 8.91 Å². The maximum atomic E-state index is 13.0. The molecule has 2 N–H and O–H groups in total. The Bertz CT molecular complexity index is 583. The van der Waals surface area contributed by atoms with E-state index in [0.29, 0.717) is 21.8 Å². The summed E-state index contributed by atoms with van der Waals surface area (Å²) < 4.78 is 18.8. The van der Waals surface area contributed by atoms with Gasteiger partial charge in [0.25, 0.3) is 0 Å². The average Bonchev–Trinajstić information content (AvgIpc) is 2.78. The van der Waals surface area contributed by atoms with Crippen molar-refractivity contribution in [2.75, 3.05) is 0 Å². The topological polar surface area (TPSA) is 64.9 Å². The van der Waals surface area contributed by atoms with Gasteiger partial charge < -0.3 is 10.3 Å². The summed E-state index contributed by atoms with van der Waals surface area (Å²) in [5.74, 6) is 0.462. The average molecular weight is 328 g/mol. The van der Waals surface area contributed by atoms with E-state index in [1.807, 2.05) is 13.8 Å². The fourth-order valence-electron chi connectivity index (χ4n) is 1.86. The predicted octanol–water partition coefficient (Wildman–Crippen LogP) is 3.61. The monoisotopic (exact) mass is 327 g/mol. The van der Waals surface area contributed by atoms with Crippen LogP contribution in [0.25, 0.3) is 11.4 Å². The van der Waals surface area contributed by atoms with Gasteiger partial charge in [0.2, 0.25) is 11.7 Å². The van der Waals surface area contributed by atoms with Crippen molar-refractivity contribution in [2.45, 2.75) is 32.2 Å². The van der Waals surface area contributed by atoms with Crippen LogP contribution in [0.3, 0.4) is 0 Å².